The molecule has 0 radical (unpaired) electrons. The van der Waals surface area contributed by atoms with Gasteiger partial charge >= 0.3 is 0 Å². The van der Waals surface area contributed by atoms with Crippen LogP contribution in [0.3, 0.4) is 0 Å². The molecule has 1 aromatic heterocycles. The molecule has 2 aromatic rings. The highest BCUT2D eigenvalue weighted by Gasteiger charge is 2.03. The lowest BCUT2D eigenvalue weighted by atomic mass is 10.1. The van der Waals surface area contributed by atoms with E-state index >= 15 is 0 Å². The van der Waals surface area contributed by atoms with E-state index in [1.165, 1.54) is 16.8 Å². The van der Waals surface area contributed by atoms with Crippen LogP contribution in [0.4, 0.5) is 0 Å². The molecule has 0 fully saturated rings. The minimum atomic E-state index is 1.05. The van der Waals surface area contributed by atoms with Gasteiger partial charge in [0.2, 0.25) is 0 Å². The van der Waals surface area contributed by atoms with E-state index in [4.69, 9.17) is 0 Å². The summed E-state index contributed by atoms with van der Waals surface area (Å²) in [6.45, 7) is 6.32. The minimum Gasteiger partial charge on any atom is -0.306 e. The zero-order chi connectivity index (χ0) is 10.8. The Morgan fingerprint density at radius 3 is 2.67 bits per heavy atom. The van der Waals surface area contributed by atoms with Gasteiger partial charge in [-0.1, -0.05) is 24.6 Å². The number of benzene rings is 1. The van der Waals surface area contributed by atoms with E-state index in [9.17, 15) is 0 Å². The summed E-state index contributed by atoms with van der Waals surface area (Å²) in [7, 11) is 0. The summed E-state index contributed by atoms with van der Waals surface area (Å²) in [5.41, 5.74) is 4.97. The van der Waals surface area contributed by atoms with Crippen LogP contribution in [0.1, 0.15) is 23.7 Å². The van der Waals surface area contributed by atoms with Crippen molar-refractivity contribution in [3.05, 3.63) is 47.5 Å². The molecular formula is C13H16N2. The van der Waals surface area contributed by atoms with Gasteiger partial charge in [0.1, 0.15) is 0 Å². The second kappa shape index (κ2) is 3.89. The van der Waals surface area contributed by atoms with Crippen LogP contribution in [-0.4, -0.2) is 9.55 Å². The van der Waals surface area contributed by atoms with E-state index in [1.54, 1.807) is 0 Å². The third-order valence-electron chi connectivity index (χ3n) is 2.61. The molecular weight excluding hydrogens is 184 g/mol. The second-order valence-electron chi connectivity index (χ2n) is 3.91. The van der Waals surface area contributed by atoms with Crippen molar-refractivity contribution in [3.63, 3.8) is 0 Å². The van der Waals surface area contributed by atoms with Crippen molar-refractivity contribution in [2.45, 2.75) is 27.2 Å². The van der Waals surface area contributed by atoms with E-state index in [0.29, 0.717) is 0 Å². The first kappa shape index (κ1) is 9.97. The molecule has 2 rings (SSSR count). The molecule has 15 heavy (non-hydrogen) atoms. The Labute approximate surface area is 90.6 Å². The Morgan fingerprint density at radius 1 is 1.27 bits per heavy atom. The lowest BCUT2D eigenvalue weighted by Gasteiger charge is -2.09. The van der Waals surface area contributed by atoms with Gasteiger partial charge in [-0.3, -0.25) is 0 Å². The topological polar surface area (TPSA) is 17.8 Å². The van der Waals surface area contributed by atoms with Gasteiger partial charge in [-0.25, -0.2) is 4.98 Å². The molecule has 0 N–H and O–H groups in total. The highest BCUT2D eigenvalue weighted by Crippen LogP contribution is 2.17. The molecule has 2 nitrogen and oxygen atoms in total. The van der Waals surface area contributed by atoms with Gasteiger partial charge in [0, 0.05) is 11.9 Å². The third-order valence-corrected chi connectivity index (χ3v) is 2.61. The summed E-state index contributed by atoms with van der Waals surface area (Å²) in [5.74, 6) is 0. The van der Waals surface area contributed by atoms with Crippen LogP contribution in [-0.2, 0) is 6.42 Å². The largest absolute Gasteiger partial charge is 0.306 e. The Morgan fingerprint density at radius 2 is 2.07 bits per heavy atom. The lowest BCUT2D eigenvalue weighted by Crippen LogP contribution is -1.96. The maximum absolute atomic E-state index is 4.25. The predicted octanol–water partition coefficient (Wildman–Crippen LogP) is 3.05. The standard InChI is InChI=1S/C13H16N2/c1-4-12-7-10(2)5-6-13(12)15-8-11(3)14-9-15/h5-9H,4H2,1-3H3. The van der Waals surface area contributed by atoms with Crippen molar-refractivity contribution < 1.29 is 0 Å². The molecule has 0 bridgehead atoms. The highest BCUT2D eigenvalue weighted by atomic mass is 15.0. The first-order chi connectivity index (χ1) is 7.20. The summed E-state index contributed by atoms with van der Waals surface area (Å²) in [6, 6.07) is 6.55. The lowest BCUT2D eigenvalue weighted by molar-refractivity contribution is 0.999. The molecule has 0 aliphatic carbocycles. The molecule has 0 spiro atoms. The normalized spacial score (nSPS) is 10.6. The molecule has 0 atom stereocenters. The predicted molar refractivity (Wildman–Crippen MR) is 62.4 cm³/mol. The summed E-state index contributed by atoms with van der Waals surface area (Å²) < 4.78 is 2.09. The summed E-state index contributed by atoms with van der Waals surface area (Å²) in [6.07, 6.45) is 4.98. The molecule has 78 valence electrons. The van der Waals surface area contributed by atoms with Crippen LogP contribution in [0, 0.1) is 13.8 Å². The van der Waals surface area contributed by atoms with Crippen molar-refractivity contribution in [1.29, 1.82) is 0 Å². The van der Waals surface area contributed by atoms with E-state index in [1.807, 2.05) is 13.3 Å². The first-order valence-corrected chi connectivity index (χ1v) is 5.31. The van der Waals surface area contributed by atoms with Gasteiger partial charge < -0.3 is 4.57 Å². The van der Waals surface area contributed by atoms with Gasteiger partial charge in [0.15, 0.2) is 0 Å². The Kier molecular flexibility index (Phi) is 2.58. The van der Waals surface area contributed by atoms with Crippen LogP contribution >= 0.6 is 0 Å². The molecule has 0 amide bonds. The zero-order valence-electron chi connectivity index (χ0n) is 9.49. The number of aryl methyl sites for hydroxylation is 3. The van der Waals surface area contributed by atoms with Crippen LogP contribution in [0.2, 0.25) is 0 Å². The van der Waals surface area contributed by atoms with E-state index in [0.717, 1.165) is 12.1 Å². The quantitative estimate of drug-likeness (QED) is 0.728. The molecule has 1 aromatic carbocycles. The minimum absolute atomic E-state index is 1.05. The number of aromatic nitrogens is 2. The SMILES string of the molecule is CCc1cc(C)ccc1-n1cnc(C)c1. The fourth-order valence-corrected chi connectivity index (χ4v) is 1.80. The van der Waals surface area contributed by atoms with Crippen molar-refractivity contribution in [2.24, 2.45) is 0 Å². The maximum atomic E-state index is 4.25. The van der Waals surface area contributed by atoms with Crippen molar-refractivity contribution in [3.8, 4) is 5.69 Å². The molecule has 2 heteroatoms. The van der Waals surface area contributed by atoms with Gasteiger partial charge in [-0.15, -0.1) is 0 Å². The van der Waals surface area contributed by atoms with Crippen LogP contribution in [0.5, 0.6) is 0 Å². The monoisotopic (exact) mass is 200 g/mol. The van der Waals surface area contributed by atoms with Crippen molar-refractivity contribution >= 4 is 0 Å². The number of imidazole rings is 1. The number of nitrogens with zero attached hydrogens (tertiary/aromatic N) is 2. The molecule has 0 aliphatic heterocycles. The van der Waals surface area contributed by atoms with E-state index in [2.05, 4.69) is 47.8 Å². The van der Waals surface area contributed by atoms with Gasteiger partial charge in [-0.2, -0.15) is 0 Å². The molecule has 0 aliphatic rings. The van der Waals surface area contributed by atoms with Crippen molar-refractivity contribution in [1.82, 2.24) is 9.55 Å². The highest BCUT2D eigenvalue weighted by molar-refractivity contribution is 5.43. The fourth-order valence-electron chi connectivity index (χ4n) is 1.80. The summed E-state index contributed by atoms with van der Waals surface area (Å²) in [5, 5.41) is 0. The Balaban J connectivity index is 2.52. The van der Waals surface area contributed by atoms with Crippen LogP contribution in [0.15, 0.2) is 30.7 Å². The number of rotatable bonds is 2. The maximum Gasteiger partial charge on any atom is 0.0995 e. The number of hydrogen-bond acceptors (Lipinski definition) is 1. The average molecular weight is 200 g/mol. The number of hydrogen-bond donors (Lipinski definition) is 0. The Bertz CT molecular complexity index is 469. The van der Waals surface area contributed by atoms with E-state index in [-0.39, 0.29) is 0 Å². The first-order valence-electron chi connectivity index (χ1n) is 5.31. The summed E-state index contributed by atoms with van der Waals surface area (Å²) in [4.78, 5) is 4.25. The third kappa shape index (κ3) is 1.94. The summed E-state index contributed by atoms with van der Waals surface area (Å²) >= 11 is 0. The fraction of sp³-hybridized carbons (Fsp3) is 0.308. The second-order valence-corrected chi connectivity index (χ2v) is 3.91. The van der Waals surface area contributed by atoms with Gasteiger partial charge in [0.25, 0.3) is 0 Å². The molecule has 0 saturated heterocycles. The molecule has 0 saturated carbocycles. The van der Waals surface area contributed by atoms with Gasteiger partial charge in [-0.05, 0) is 31.9 Å². The molecule has 0 unspecified atom stereocenters. The molecule has 1 heterocycles. The van der Waals surface area contributed by atoms with Crippen molar-refractivity contribution in [2.75, 3.05) is 0 Å². The Hall–Kier alpha value is -1.57. The smallest absolute Gasteiger partial charge is 0.0995 e. The van der Waals surface area contributed by atoms with Crippen LogP contribution < -0.4 is 0 Å². The van der Waals surface area contributed by atoms with Crippen LogP contribution in [0.25, 0.3) is 5.69 Å². The van der Waals surface area contributed by atoms with E-state index < -0.39 is 0 Å². The van der Waals surface area contributed by atoms with Gasteiger partial charge in [0.05, 0.1) is 12.0 Å². The average Bonchev–Trinajstić information content (AvgIpc) is 2.64. The zero-order valence-corrected chi connectivity index (χ0v) is 9.49.